The molecule has 0 aromatic rings. The van der Waals surface area contributed by atoms with Crippen LogP contribution in [-0.2, 0) is 0 Å². The van der Waals surface area contributed by atoms with Crippen molar-refractivity contribution in [2.24, 2.45) is 0 Å². The Morgan fingerprint density at radius 1 is 1.14 bits per heavy atom. The first kappa shape index (κ1) is 11.1. The lowest BCUT2D eigenvalue weighted by atomic mass is 10.1. The van der Waals surface area contributed by atoms with Crippen LogP contribution in [0.15, 0.2) is 11.3 Å². The lowest BCUT2D eigenvalue weighted by Crippen LogP contribution is -2.36. The molecule has 0 unspecified atom stereocenters. The van der Waals surface area contributed by atoms with Crippen molar-refractivity contribution in [3.8, 4) is 6.07 Å². The van der Waals surface area contributed by atoms with E-state index in [2.05, 4.69) is 38.7 Å². The molecule has 14 heavy (non-hydrogen) atoms. The highest BCUT2D eigenvalue weighted by Gasteiger charge is 2.23. The van der Waals surface area contributed by atoms with Gasteiger partial charge in [-0.15, -0.1) is 0 Å². The summed E-state index contributed by atoms with van der Waals surface area (Å²) in [6, 6.07) is 3.33. The van der Waals surface area contributed by atoms with E-state index in [4.69, 9.17) is 5.26 Å². The van der Waals surface area contributed by atoms with Crippen molar-refractivity contribution >= 4 is 0 Å². The average molecular weight is 192 g/mol. The molecule has 2 nitrogen and oxygen atoms in total. The minimum absolute atomic E-state index is 0.492. The summed E-state index contributed by atoms with van der Waals surface area (Å²) >= 11 is 0. The van der Waals surface area contributed by atoms with Crippen molar-refractivity contribution in [3.63, 3.8) is 0 Å². The SMILES string of the molecule is CC(C)N(C1=C(C#N)CCC1)C(C)C. The van der Waals surface area contributed by atoms with Crippen LogP contribution in [-0.4, -0.2) is 17.0 Å². The minimum atomic E-state index is 0.492. The molecule has 0 amide bonds. The van der Waals surface area contributed by atoms with E-state index in [-0.39, 0.29) is 0 Å². The molecule has 0 heterocycles. The van der Waals surface area contributed by atoms with Crippen LogP contribution >= 0.6 is 0 Å². The van der Waals surface area contributed by atoms with Gasteiger partial charge in [-0.1, -0.05) is 0 Å². The Morgan fingerprint density at radius 3 is 2.14 bits per heavy atom. The maximum absolute atomic E-state index is 9.01. The number of hydrogen-bond donors (Lipinski definition) is 0. The number of hydrogen-bond acceptors (Lipinski definition) is 2. The second-order valence-corrected chi connectivity index (χ2v) is 4.49. The van der Waals surface area contributed by atoms with Gasteiger partial charge in [-0.2, -0.15) is 5.26 Å². The van der Waals surface area contributed by atoms with Gasteiger partial charge < -0.3 is 4.90 Å². The number of nitrogens with zero attached hydrogens (tertiary/aromatic N) is 2. The van der Waals surface area contributed by atoms with E-state index in [1.54, 1.807) is 0 Å². The molecule has 0 aromatic heterocycles. The summed E-state index contributed by atoms with van der Waals surface area (Å²) in [7, 11) is 0. The quantitative estimate of drug-likeness (QED) is 0.687. The highest BCUT2D eigenvalue weighted by molar-refractivity contribution is 5.31. The van der Waals surface area contributed by atoms with Crippen LogP contribution < -0.4 is 0 Å². The molecule has 0 N–H and O–H groups in total. The predicted molar refractivity (Wildman–Crippen MR) is 58.6 cm³/mol. The normalized spacial score (nSPS) is 16.6. The Labute approximate surface area is 87.2 Å². The van der Waals surface area contributed by atoms with E-state index in [0.717, 1.165) is 24.8 Å². The monoisotopic (exact) mass is 192 g/mol. The molecule has 0 spiro atoms. The molecule has 0 saturated carbocycles. The van der Waals surface area contributed by atoms with Crippen molar-refractivity contribution < 1.29 is 0 Å². The summed E-state index contributed by atoms with van der Waals surface area (Å²) in [6.45, 7) is 8.78. The summed E-state index contributed by atoms with van der Waals surface area (Å²) in [5, 5.41) is 9.01. The fourth-order valence-electron chi connectivity index (χ4n) is 2.35. The van der Waals surface area contributed by atoms with Crippen LogP contribution in [0.2, 0.25) is 0 Å². The van der Waals surface area contributed by atoms with E-state index in [1.807, 2.05) is 0 Å². The van der Waals surface area contributed by atoms with Crippen LogP contribution in [0.5, 0.6) is 0 Å². The highest BCUT2D eigenvalue weighted by Crippen LogP contribution is 2.30. The zero-order chi connectivity index (χ0) is 10.7. The van der Waals surface area contributed by atoms with Crippen LogP contribution in [0.1, 0.15) is 47.0 Å². The van der Waals surface area contributed by atoms with Gasteiger partial charge in [-0.25, -0.2) is 0 Å². The third-order valence-electron chi connectivity index (χ3n) is 2.75. The van der Waals surface area contributed by atoms with E-state index in [1.165, 1.54) is 5.70 Å². The maximum atomic E-state index is 9.01. The smallest absolute Gasteiger partial charge is 0.0965 e. The van der Waals surface area contributed by atoms with Gasteiger partial charge in [0.1, 0.15) is 0 Å². The molecular formula is C12H20N2. The van der Waals surface area contributed by atoms with Crippen molar-refractivity contribution in [1.29, 1.82) is 5.26 Å². The third kappa shape index (κ3) is 2.09. The fraction of sp³-hybridized carbons (Fsp3) is 0.750. The molecule has 0 bridgehead atoms. The molecule has 1 rings (SSSR count). The first-order valence-corrected chi connectivity index (χ1v) is 5.48. The number of nitriles is 1. The molecule has 0 radical (unpaired) electrons. The van der Waals surface area contributed by atoms with Crippen molar-refractivity contribution in [3.05, 3.63) is 11.3 Å². The second kappa shape index (κ2) is 4.50. The predicted octanol–water partition coefficient (Wildman–Crippen LogP) is 3.07. The highest BCUT2D eigenvalue weighted by atomic mass is 15.2. The average Bonchev–Trinajstić information content (AvgIpc) is 2.51. The Kier molecular flexibility index (Phi) is 3.57. The van der Waals surface area contributed by atoms with E-state index in [0.29, 0.717) is 12.1 Å². The largest absolute Gasteiger partial charge is 0.369 e. The standard InChI is InChI=1S/C12H20N2/c1-9(2)14(10(3)4)12-7-5-6-11(12)8-13/h9-10H,5-7H2,1-4H3. The van der Waals surface area contributed by atoms with E-state index in [9.17, 15) is 0 Å². The molecule has 78 valence electrons. The Bertz CT molecular complexity index is 261. The first-order chi connectivity index (χ1) is 6.57. The summed E-state index contributed by atoms with van der Waals surface area (Å²) in [5.74, 6) is 0. The molecule has 0 aliphatic heterocycles. The summed E-state index contributed by atoms with van der Waals surface area (Å²) < 4.78 is 0. The Hall–Kier alpha value is -0.970. The summed E-state index contributed by atoms with van der Waals surface area (Å²) in [5.41, 5.74) is 2.30. The topological polar surface area (TPSA) is 27.0 Å². The summed E-state index contributed by atoms with van der Waals surface area (Å²) in [6.07, 6.45) is 3.20. The molecule has 1 aliphatic rings. The maximum Gasteiger partial charge on any atom is 0.0965 e. The van der Waals surface area contributed by atoms with E-state index < -0.39 is 0 Å². The van der Waals surface area contributed by atoms with Crippen molar-refractivity contribution in [2.45, 2.75) is 59.0 Å². The van der Waals surface area contributed by atoms with Crippen LogP contribution in [0.25, 0.3) is 0 Å². The second-order valence-electron chi connectivity index (χ2n) is 4.49. The summed E-state index contributed by atoms with van der Waals surface area (Å²) in [4.78, 5) is 2.38. The molecule has 0 atom stereocenters. The molecule has 0 fully saturated rings. The van der Waals surface area contributed by atoms with Gasteiger partial charge in [-0.3, -0.25) is 0 Å². The van der Waals surface area contributed by atoms with Gasteiger partial charge in [0, 0.05) is 23.4 Å². The van der Waals surface area contributed by atoms with Crippen LogP contribution in [0, 0.1) is 11.3 Å². The van der Waals surface area contributed by atoms with Crippen LogP contribution in [0.3, 0.4) is 0 Å². The van der Waals surface area contributed by atoms with Crippen molar-refractivity contribution in [1.82, 2.24) is 4.90 Å². The minimum Gasteiger partial charge on any atom is -0.369 e. The number of rotatable bonds is 3. The third-order valence-corrected chi connectivity index (χ3v) is 2.75. The van der Waals surface area contributed by atoms with Gasteiger partial charge >= 0.3 is 0 Å². The van der Waals surface area contributed by atoms with Gasteiger partial charge in [0.05, 0.1) is 6.07 Å². The van der Waals surface area contributed by atoms with Crippen LogP contribution in [0.4, 0.5) is 0 Å². The van der Waals surface area contributed by atoms with Gasteiger partial charge in [-0.05, 0) is 47.0 Å². The lowest BCUT2D eigenvalue weighted by Gasteiger charge is -2.34. The van der Waals surface area contributed by atoms with Gasteiger partial charge in [0.15, 0.2) is 0 Å². The molecular weight excluding hydrogens is 172 g/mol. The zero-order valence-electron chi connectivity index (χ0n) is 9.67. The fourth-order valence-corrected chi connectivity index (χ4v) is 2.35. The lowest BCUT2D eigenvalue weighted by molar-refractivity contribution is 0.225. The molecule has 1 aliphatic carbocycles. The van der Waals surface area contributed by atoms with E-state index >= 15 is 0 Å². The van der Waals surface area contributed by atoms with Gasteiger partial charge in [0.2, 0.25) is 0 Å². The molecule has 2 heteroatoms. The molecule has 0 saturated heterocycles. The van der Waals surface area contributed by atoms with Crippen molar-refractivity contribution in [2.75, 3.05) is 0 Å². The zero-order valence-corrected chi connectivity index (χ0v) is 9.67. The number of allylic oxidation sites excluding steroid dienone is 2. The Morgan fingerprint density at radius 2 is 1.71 bits per heavy atom. The molecule has 0 aromatic carbocycles. The van der Waals surface area contributed by atoms with Gasteiger partial charge in [0.25, 0.3) is 0 Å². The first-order valence-electron chi connectivity index (χ1n) is 5.48. The Balaban J connectivity index is 2.94.